The van der Waals surface area contributed by atoms with E-state index in [0.29, 0.717) is 13.0 Å². The molecular weight excluding hydrogens is 304 g/mol. The van der Waals surface area contributed by atoms with E-state index in [4.69, 9.17) is 10.2 Å². The molecule has 6 nitrogen and oxygen atoms in total. The summed E-state index contributed by atoms with van der Waals surface area (Å²) in [5.74, 6) is -1.86. The van der Waals surface area contributed by atoms with E-state index < -0.39 is 11.9 Å². The average molecular weight is 320 g/mol. The number of carboxylic acids is 2. The minimum atomic E-state index is -1.01. The lowest BCUT2D eigenvalue weighted by Crippen LogP contribution is -2.25. The van der Waals surface area contributed by atoms with Gasteiger partial charge in [0.15, 0.2) is 5.69 Å². The third-order valence-corrected chi connectivity index (χ3v) is 3.86. The van der Waals surface area contributed by atoms with E-state index in [1.54, 1.807) is 11.9 Å². The summed E-state index contributed by atoms with van der Waals surface area (Å²) in [6, 6.07) is 7.79. The highest BCUT2D eigenvalue weighted by Gasteiger charge is 2.09. The number of carboxylic acid groups (broad SMARTS) is 2. The molecule has 0 aliphatic carbocycles. The van der Waals surface area contributed by atoms with E-state index in [1.165, 1.54) is 16.7 Å². The summed E-state index contributed by atoms with van der Waals surface area (Å²) < 4.78 is 0. The van der Waals surface area contributed by atoms with Gasteiger partial charge in [0, 0.05) is 18.3 Å². The molecule has 0 spiro atoms. The Bertz CT molecular complexity index is 666. The van der Waals surface area contributed by atoms with Crippen LogP contribution in [0.4, 0.5) is 0 Å². The highest BCUT2D eigenvalue weighted by Crippen LogP contribution is 2.16. The lowest BCUT2D eigenvalue weighted by atomic mass is 10.1. The van der Waals surface area contributed by atoms with Crippen LogP contribution in [0.3, 0.4) is 0 Å². The Balaban J connectivity index is 1.96. The van der Waals surface area contributed by atoms with Gasteiger partial charge in [-0.3, -0.25) is 9.69 Å². The number of aliphatic carboxylic acids is 1. The second-order valence-corrected chi connectivity index (χ2v) is 5.93. The van der Waals surface area contributed by atoms with Crippen molar-refractivity contribution in [3.63, 3.8) is 0 Å². The van der Waals surface area contributed by atoms with E-state index in [0.717, 1.165) is 16.1 Å². The SMILES string of the molecule is CN(CC(=O)O)Cc1ccc(Cc2nc(C(=O)O)cs2)cc1. The van der Waals surface area contributed by atoms with Crippen molar-refractivity contribution in [3.05, 3.63) is 51.5 Å². The van der Waals surface area contributed by atoms with Gasteiger partial charge in [-0.05, 0) is 18.2 Å². The second kappa shape index (κ2) is 7.15. The van der Waals surface area contributed by atoms with Gasteiger partial charge in [-0.1, -0.05) is 24.3 Å². The fourth-order valence-corrected chi connectivity index (χ4v) is 2.83. The van der Waals surface area contributed by atoms with Crippen LogP contribution in [0.1, 0.15) is 26.6 Å². The van der Waals surface area contributed by atoms with Crippen LogP contribution in [0.15, 0.2) is 29.6 Å². The summed E-state index contributed by atoms with van der Waals surface area (Å²) in [5, 5.41) is 19.9. The van der Waals surface area contributed by atoms with Gasteiger partial charge < -0.3 is 10.2 Å². The lowest BCUT2D eigenvalue weighted by Gasteiger charge is -2.14. The lowest BCUT2D eigenvalue weighted by molar-refractivity contribution is -0.138. The highest BCUT2D eigenvalue weighted by atomic mass is 32.1. The van der Waals surface area contributed by atoms with Crippen molar-refractivity contribution >= 4 is 23.3 Å². The Kier molecular flexibility index (Phi) is 5.24. The Labute approximate surface area is 131 Å². The van der Waals surface area contributed by atoms with Crippen LogP contribution in [0, 0.1) is 0 Å². The summed E-state index contributed by atoms with van der Waals surface area (Å²) in [7, 11) is 1.75. The summed E-state index contributed by atoms with van der Waals surface area (Å²) in [4.78, 5) is 27.2. The summed E-state index contributed by atoms with van der Waals surface area (Å²) in [6.45, 7) is 0.561. The van der Waals surface area contributed by atoms with Gasteiger partial charge in [0.1, 0.15) is 0 Å². The molecule has 0 bridgehead atoms. The van der Waals surface area contributed by atoms with Crippen LogP contribution in [0.5, 0.6) is 0 Å². The Morgan fingerprint density at radius 2 is 1.82 bits per heavy atom. The van der Waals surface area contributed by atoms with Gasteiger partial charge in [-0.25, -0.2) is 9.78 Å². The normalized spacial score (nSPS) is 10.8. The fraction of sp³-hybridized carbons (Fsp3) is 0.267. The molecule has 0 unspecified atom stereocenters. The maximum Gasteiger partial charge on any atom is 0.355 e. The first-order valence-corrected chi connectivity index (χ1v) is 7.48. The van der Waals surface area contributed by atoms with Crippen LogP contribution in [0.25, 0.3) is 0 Å². The molecule has 0 radical (unpaired) electrons. The largest absolute Gasteiger partial charge is 0.480 e. The molecule has 0 amide bonds. The highest BCUT2D eigenvalue weighted by molar-refractivity contribution is 7.09. The first-order valence-electron chi connectivity index (χ1n) is 6.60. The molecule has 0 fully saturated rings. The van der Waals surface area contributed by atoms with Crippen LogP contribution in [0.2, 0.25) is 0 Å². The first-order chi connectivity index (χ1) is 10.4. The number of rotatable bonds is 7. The number of hydrogen-bond acceptors (Lipinski definition) is 5. The van der Waals surface area contributed by atoms with Crippen molar-refractivity contribution in [1.29, 1.82) is 0 Å². The molecule has 7 heteroatoms. The van der Waals surface area contributed by atoms with E-state index in [-0.39, 0.29) is 12.2 Å². The molecule has 1 aromatic heterocycles. The molecule has 2 N–H and O–H groups in total. The third kappa shape index (κ3) is 4.64. The maximum absolute atomic E-state index is 10.8. The third-order valence-electron chi connectivity index (χ3n) is 3.01. The molecule has 0 aliphatic rings. The van der Waals surface area contributed by atoms with Crippen molar-refractivity contribution in [2.24, 2.45) is 0 Å². The monoisotopic (exact) mass is 320 g/mol. The number of hydrogen-bond donors (Lipinski definition) is 2. The van der Waals surface area contributed by atoms with Crippen molar-refractivity contribution in [1.82, 2.24) is 9.88 Å². The molecule has 0 aliphatic heterocycles. The van der Waals surface area contributed by atoms with Gasteiger partial charge in [0.2, 0.25) is 0 Å². The van der Waals surface area contributed by atoms with E-state index >= 15 is 0 Å². The van der Waals surface area contributed by atoms with Crippen molar-refractivity contribution < 1.29 is 19.8 Å². The summed E-state index contributed by atoms with van der Waals surface area (Å²) in [5.41, 5.74) is 2.14. The number of likely N-dealkylation sites (N-methyl/N-ethyl adjacent to an activating group) is 1. The molecule has 22 heavy (non-hydrogen) atoms. The average Bonchev–Trinajstić information content (AvgIpc) is 2.89. The number of thiazole rings is 1. The number of aromatic carboxylic acids is 1. The first kappa shape index (κ1) is 16.1. The quantitative estimate of drug-likeness (QED) is 0.810. The molecule has 2 aromatic rings. The van der Waals surface area contributed by atoms with Crippen molar-refractivity contribution in [2.45, 2.75) is 13.0 Å². The van der Waals surface area contributed by atoms with Crippen molar-refractivity contribution in [3.8, 4) is 0 Å². The molecule has 0 saturated carbocycles. The van der Waals surface area contributed by atoms with Gasteiger partial charge in [0.05, 0.1) is 11.6 Å². The van der Waals surface area contributed by atoms with Crippen molar-refractivity contribution in [2.75, 3.05) is 13.6 Å². The van der Waals surface area contributed by atoms with E-state index in [1.807, 2.05) is 24.3 Å². The van der Waals surface area contributed by atoms with Gasteiger partial charge in [0.25, 0.3) is 0 Å². The molecule has 0 saturated heterocycles. The minimum absolute atomic E-state index is 0.00116. The van der Waals surface area contributed by atoms with Gasteiger partial charge >= 0.3 is 11.9 Å². The Hall–Kier alpha value is -2.25. The summed E-state index contributed by atoms with van der Waals surface area (Å²) in [6.07, 6.45) is 0.586. The van der Waals surface area contributed by atoms with Crippen LogP contribution < -0.4 is 0 Å². The van der Waals surface area contributed by atoms with Gasteiger partial charge in [-0.2, -0.15) is 0 Å². The van der Waals surface area contributed by atoms with Crippen LogP contribution in [-0.2, 0) is 17.8 Å². The standard InChI is InChI=1S/C15H16N2O4S/c1-17(8-14(18)19)7-11-4-2-10(3-5-11)6-13-16-12(9-22-13)15(20)21/h2-5,9H,6-8H2,1H3,(H,18,19)(H,20,21). The summed E-state index contributed by atoms with van der Waals surface area (Å²) >= 11 is 1.33. The zero-order valence-electron chi connectivity index (χ0n) is 12.0. The second-order valence-electron chi connectivity index (χ2n) is 4.99. The van der Waals surface area contributed by atoms with E-state index in [9.17, 15) is 9.59 Å². The molecule has 0 atom stereocenters. The predicted octanol–water partition coefficient (Wildman–Crippen LogP) is 1.95. The number of aromatic nitrogens is 1. The molecule has 1 aromatic carbocycles. The Morgan fingerprint density at radius 1 is 1.18 bits per heavy atom. The molecule has 1 heterocycles. The minimum Gasteiger partial charge on any atom is -0.480 e. The number of carbonyl (C=O) groups is 2. The number of benzene rings is 1. The molecule has 2 rings (SSSR count). The van der Waals surface area contributed by atoms with Gasteiger partial charge in [-0.15, -0.1) is 11.3 Å². The Morgan fingerprint density at radius 3 is 2.36 bits per heavy atom. The predicted molar refractivity (Wildman–Crippen MR) is 82.3 cm³/mol. The smallest absolute Gasteiger partial charge is 0.355 e. The zero-order valence-corrected chi connectivity index (χ0v) is 12.8. The fourth-order valence-electron chi connectivity index (χ4n) is 2.03. The van der Waals surface area contributed by atoms with Crippen LogP contribution in [-0.4, -0.2) is 45.6 Å². The molecule has 116 valence electrons. The topological polar surface area (TPSA) is 90.7 Å². The van der Waals surface area contributed by atoms with E-state index in [2.05, 4.69) is 4.98 Å². The van der Waals surface area contributed by atoms with Crippen LogP contribution >= 0.6 is 11.3 Å². The molecular formula is C15H16N2O4S. The maximum atomic E-state index is 10.8. The zero-order chi connectivity index (χ0) is 16.1. The number of nitrogens with zero attached hydrogens (tertiary/aromatic N) is 2.